The summed E-state index contributed by atoms with van der Waals surface area (Å²) in [4.78, 5) is 13.4. The van der Waals surface area contributed by atoms with Gasteiger partial charge < -0.3 is 15.4 Å². The second kappa shape index (κ2) is 4.67. The summed E-state index contributed by atoms with van der Waals surface area (Å²) in [5.41, 5.74) is 5.70. The Labute approximate surface area is 97.0 Å². The van der Waals surface area contributed by atoms with E-state index in [-0.39, 0.29) is 23.3 Å². The average molecular weight is 242 g/mol. The zero-order chi connectivity index (χ0) is 12.4. The molecule has 17 heavy (non-hydrogen) atoms. The first-order valence-electron chi connectivity index (χ1n) is 5.16. The van der Waals surface area contributed by atoms with Crippen molar-refractivity contribution in [2.24, 2.45) is 5.73 Å². The fourth-order valence-electron chi connectivity index (χ4n) is 1.69. The van der Waals surface area contributed by atoms with Crippen LogP contribution in [0.3, 0.4) is 0 Å². The highest BCUT2D eigenvalue weighted by atomic mass is 19.3. The molecule has 2 rings (SSSR count). The van der Waals surface area contributed by atoms with Crippen LogP contribution >= 0.6 is 0 Å². The number of carbonyl (C=O) groups is 1. The highest BCUT2D eigenvalue weighted by Gasteiger charge is 2.30. The molecule has 0 radical (unpaired) electrons. The van der Waals surface area contributed by atoms with Gasteiger partial charge in [-0.3, -0.25) is 4.79 Å². The van der Waals surface area contributed by atoms with E-state index in [1.54, 1.807) is 6.07 Å². The van der Waals surface area contributed by atoms with E-state index in [4.69, 9.17) is 5.73 Å². The Kier molecular flexibility index (Phi) is 3.23. The van der Waals surface area contributed by atoms with Crippen molar-refractivity contribution in [2.75, 3.05) is 13.1 Å². The van der Waals surface area contributed by atoms with Crippen LogP contribution in [0.1, 0.15) is 10.4 Å². The number of nitrogens with two attached hydrogens (primary N) is 1. The predicted octanol–water partition coefficient (Wildman–Crippen LogP) is 1.07. The number of ether oxygens (including phenoxy) is 1. The van der Waals surface area contributed by atoms with Gasteiger partial charge in [0.1, 0.15) is 5.75 Å². The van der Waals surface area contributed by atoms with E-state index in [2.05, 4.69) is 4.74 Å². The minimum absolute atomic E-state index is 0.0258. The van der Waals surface area contributed by atoms with E-state index in [1.165, 1.54) is 23.1 Å². The van der Waals surface area contributed by atoms with Crippen molar-refractivity contribution in [1.29, 1.82) is 0 Å². The van der Waals surface area contributed by atoms with Crippen LogP contribution in [0.4, 0.5) is 8.78 Å². The Bertz CT molecular complexity index is 420. The van der Waals surface area contributed by atoms with Crippen LogP contribution in [0.25, 0.3) is 0 Å². The second-order valence-corrected chi connectivity index (χ2v) is 3.84. The molecule has 0 unspecified atom stereocenters. The molecular formula is C11H12F2N2O2. The number of likely N-dealkylation sites (tertiary alicyclic amines) is 1. The first-order valence-corrected chi connectivity index (χ1v) is 5.16. The molecule has 0 atom stereocenters. The normalized spacial score (nSPS) is 15.9. The quantitative estimate of drug-likeness (QED) is 0.862. The molecule has 0 aromatic heterocycles. The fourth-order valence-corrected chi connectivity index (χ4v) is 1.69. The lowest BCUT2D eigenvalue weighted by molar-refractivity contribution is -0.0503. The smallest absolute Gasteiger partial charge is 0.387 e. The third kappa shape index (κ3) is 2.52. The van der Waals surface area contributed by atoms with E-state index in [0.29, 0.717) is 13.1 Å². The number of alkyl halides is 2. The van der Waals surface area contributed by atoms with Gasteiger partial charge in [-0.05, 0) is 12.1 Å². The molecule has 1 aromatic carbocycles. The molecule has 0 bridgehead atoms. The van der Waals surface area contributed by atoms with Crippen molar-refractivity contribution >= 4 is 5.91 Å². The maximum atomic E-state index is 12.2. The average Bonchev–Trinajstić information content (AvgIpc) is 2.24. The van der Waals surface area contributed by atoms with Gasteiger partial charge >= 0.3 is 6.61 Å². The second-order valence-electron chi connectivity index (χ2n) is 3.84. The van der Waals surface area contributed by atoms with Crippen LogP contribution in [0, 0.1) is 0 Å². The lowest BCUT2D eigenvalue weighted by atomic mass is 10.1. The largest absolute Gasteiger partial charge is 0.434 e. The maximum Gasteiger partial charge on any atom is 0.387 e. The number of para-hydroxylation sites is 1. The third-order valence-corrected chi connectivity index (χ3v) is 2.53. The number of hydrogen-bond acceptors (Lipinski definition) is 3. The van der Waals surface area contributed by atoms with Gasteiger partial charge in [0.25, 0.3) is 5.91 Å². The van der Waals surface area contributed by atoms with Crippen LogP contribution in [-0.4, -0.2) is 36.5 Å². The molecule has 0 aliphatic carbocycles. The first kappa shape index (κ1) is 11.8. The van der Waals surface area contributed by atoms with Crippen LogP contribution in [0.5, 0.6) is 5.75 Å². The van der Waals surface area contributed by atoms with Crippen molar-refractivity contribution in [3.05, 3.63) is 29.8 Å². The van der Waals surface area contributed by atoms with E-state index < -0.39 is 6.61 Å². The number of amides is 1. The zero-order valence-electron chi connectivity index (χ0n) is 8.98. The predicted molar refractivity (Wildman–Crippen MR) is 57.0 cm³/mol. The molecule has 1 aliphatic heterocycles. The molecule has 1 heterocycles. The number of hydrogen-bond donors (Lipinski definition) is 1. The van der Waals surface area contributed by atoms with Gasteiger partial charge in [-0.15, -0.1) is 0 Å². The number of benzene rings is 1. The van der Waals surface area contributed by atoms with Crippen LogP contribution in [-0.2, 0) is 0 Å². The Morgan fingerprint density at radius 3 is 2.65 bits per heavy atom. The Morgan fingerprint density at radius 1 is 1.41 bits per heavy atom. The number of carbonyl (C=O) groups excluding carboxylic acids is 1. The summed E-state index contributed by atoms with van der Waals surface area (Å²) in [5.74, 6) is -0.434. The Hall–Kier alpha value is -1.69. The van der Waals surface area contributed by atoms with E-state index in [9.17, 15) is 13.6 Å². The van der Waals surface area contributed by atoms with Gasteiger partial charge in [-0.1, -0.05) is 12.1 Å². The van der Waals surface area contributed by atoms with Crippen LogP contribution in [0.2, 0.25) is 0 Å². The Morgan fingerprint density at radius 2 is 2.06 bits per heavy atom. The molecule has 2 N–H and O–H groups in total. The third-order valence-electron chi connectivity index (χ3n) is 2.53. The molecule has 4 nitrogen and oxygen atoms in total. The van der Waals surface area contributed by atoms with E-state index in [1.807, 2.05) is 0 Å². The molecule has 1 fully saturated rings. The van der Waals surface area contributed by atoms with Gasteiger partial charge in [-0.25, -0.2) is 0 Å². The monoisotopic (exact) mass is 242 g/mol. The minimum Gasteiger partial charge on any atom is -0.434 e. The molecular weight excluding hydrogens is 230 g/mol. The topological polar surface area (TPSA) is 55.6 Å². The van der Waals surface area contributed by atoms with Gasteiger partial charge in [0, 0.05) is 19.1 Å². The number of nitrogens with zero attached hydrogens (tertiary/aromatic N) is 1. The molecule has 0 spiro atoms. The highest BCUT2D eigenvalue weighted by molar-refractivity contribution is 5.97. The molecule has 1 amide bonds. The summed E-state index contributed by atoms with van der Waals surface area (Å²) in [6.45, 7) is -2.05. The summed E-state index contributed by atoms with van der Waals surface area (Å²) in [6, 6.07) is 5.92. The molecule has 92 valence electrons. The molecule has 1 saturated heterocycles. The minimum atomic E-state index is -2.94. The lowest BCUT2D eigenvalue weighted by Gasteiger charge is -2.37. The maximum absolute atomic E-state index is 12.2. The first-order chi connectivity index (χ1) is 8.08. The van der Waals surface area contributed by atoms with Crippen molar-refractivity contribution in [2.45, 2.75) is 12.7 Å². The van der Waals surface area contributed by atoms with E-state index in [0.717, 1.165) is 0 Å². The SMILES string of the molecule is NC1CN(C(=O)c2ccccc2OC(F)F)C1. The summed E-state index contributed by atoms with van der Waals surface area (Å²) < 4.78 is 28.6. The van der Waals surface area contributed by atoms with Gasteiger partial charge in [0.05, 0.1) is 5.56 Å². The summed E-state index contributed by atoms with van der Waals surface area (Å²) in [5, 5.41) is 0. The van der Waals surface area contributed by atoms with Gasteiger partial charge in [0.2, 0.25) is 0 Å². The summed E-state index contributed by atoms with van der Waals surface area (Å²) in [6.07, 6.45) is 0. The lowest BCUT2D eigenvalue weighted by Crippen LogP contribution is -2.57. The fraction of sp³-hybridized carbons (Fsp3) is 0.364. The van der Waals surface area contributed by atoms with Crippen molar-refractivity contribution < 1.29 is 18.3 Å². The standard InChI is InChI=1S/C11H12F2N2O2/c12-11(13)17-9-4-2-1-3-8(9)10(16)15-5-7(14)6-15/h1-4,7,11H,5-6,14H2. The summed E-state index contributed by atoms with van der Waals surface area (Å²) in [7, 11) is 0. The van der Waals surface area contributed by atoms with Crippen LogP contribution in [0.15, 0.2) is 24.3 Å². The Balaban J connectivity index is 2.16. The van der Waals surface area contributed by atoms with Crippen molar-refractivity contribution in [3.8, 4) is 5.75 Å². The van der Waals surface area contributed by atoms with Gasteiger partial charge in [0.15, 0.2) is 0 Å². The number of halogens is 2. The summed E-state index contributed by atoms with van der Waals surface area (Å²) >= 11 is 0. The van der Waals surface area contributed by atoms with Gasteiger partial charge in [-0.2, -0.15) is 8.78 Å². The highest BCUT2D eigenvalue weighted by Crippen LogP contribution is 2.23. The van der Waals surface area contributed by atoms with Crippen LogP contribution < -0.4 is 10.5 Å². The molecule has 1 aromatic rings. The molecule has 6 heteroatoms. The number of rotatable bonds is 3. The van der Waals surface area contributed by atoms with Crippen molar-refractivity contribution in [3.63, 3.8) is 0 Å². The zero-order valence-corrected chi connectivity index (χ0v) is 8.98. The molecule has 1 aliphatic rings. The van der Waals surface area contributed by atoms with E-state index >= 15 is 0 Å². The van der Waals surface area contributed by atoms with Crippen molar-refractivity contribution in [1.82, 2.24) is 4.90 Å². The molecule has 0 saturated carbocycles.